The highest BCUT2D eigenvalue weighted by atomic mass is 32.2. The Hall–Kier alpha value is -5.99. The fourth-order valence-electron chi connectivity index (χ4n) is 13.0. The number of nitrogens with zero attached hydrogens (tertiary/aromatic N) is 5. The molecule has 19 heteroatoms. The number of hydrogen-bond donors (Lipinski definition) is 4. The number of benzene rings is 3. The van der Waals surface area contributed by atoms with Gasteiger partial charge in [-0.1, -0.05) is 24.3 Å². The highest BCUT2D eigenvalue weighted by molar-refractivity contribution is 7.90. The van der Waals surface area contributed by atoms with Gasteiger partial charge in [-0.2, -0.15) is 4.98 Å². The third-order valence-electron chi connectivity index (χ3n) is 17.2. The number of pyridine rings is 1. The predicted octanol–water partition coefficient (Wildman–Crippen LogP) is 7.91. The highest BCUT2D eigenvalue weighted by Crippen LogP contribution is 2.54. The number of nitro groups is 1. The number of H-pyrrole nitrogens is 1. The van der Waals surface area contributed by atoms with Gasteiger partial charge in [0, 0.05) is 68.3 Å². The smallest absolute Gasteiger partial charge is 0.297 e. The number of sulfonamides is 1. The SMILES string of the molecule is Cc1ccccc1[C@@H]1COCCCN1C1CC2(CCN(c3ccc(C(=O)NS(=O)(=O)c4cc5c(c([N+](=O)[O-])c4)N[C@@H](C4CCC(C)(O)CC4)CO5)c(N4c5cc6cc[nH]c6nc5O[C@H]5COCC[C@@H]54)c3)CC2)C1. The second-order valence-corrected chi connectivity index (χ2v) is 23.6. The van der Waals surface area contributed by atoms with Crippen LogP contribution in [0.4, 0.5) is 28.4 Å². The minimum absolute atomic E-state index is 0.00826. The van der Waals surface area contributed by atoms with Gasteiger partial charge in [-0.3, -0.25) is 19.8 Å². The Kier molecular flexibility index (Phi) is 12.3. The normalized spacial score (nSPS) is 27.3. The zero-order valence-electron chi connectivity index (χ0n) is 41.4. The molecule has 7 aliphatic rings. The summed E-state index contributed by atoms with van der Waals surface area (Å²) < 4.78 is 55.7. The van der Waals surface area contributed by atoms with E-state index in [1.165, 1.54) is 17.2 Å². The van der Waals surface area contributed by atoms with Crippen molar-refractivity contribution in [3.63, 3.8) is 0 Å². The number of ether oxygens (including phenoxy) is 4. The number of carbonyl (C=O) groups excluding carboxylic acids is 1. The van der Waals surface area contributed by atoms with Crippen molar-refractivity contribution in [2.75, 3.05) is 67.8 Å². The number of aliphatic hydroxyl groups is 1. The number of nitro benzene ring substituents is 1. The Bertz CT molecular complexity index is 3050. The molecule has 0 unspecified atom stereocenters. The van der Waals surface area contributed by atoms with Gasteiger partial charge in [-0.15, -0.1) is 0 Å². The third kappa shape index (κ3) is 9.04. The van der Waals surface area contributed by atoms with Crippen molar-refractivity contribution in [3.05, 3.63) is 99.7 Å². The van der Waals surface area contributed by atoms with Crippen molar-refractivity contribution in [1.29, 1.82) is 0 Å². The van der Waals surface area contributed by atoms with E-state index in [2.05, 4.69) is 60.9 Å². The van der Waals surface area contributed by atoms with E-state index in [0.717, 1.165) is 75.5 Å². The van der Waals surface area contributed by atoms with Crippen LogP contribution in [0.3, 0.4) is 0 Å². The number of aromatic amines is 1. The summed E-state index contributed by atoms with van der Waals surface area (Å²) in [7, 11) is -4.71. The van der Waals surface area contributed by atoms with Crippen LogP contribution in [0.1, 0.15) is 98.7 Å². The molecule has 3 aromatic carbocycles. The Morgan fingerprint density at radius 2 is 1.73 bits per heavy atom. The topological polar surface area (TPSA) is 214 Å². The molecule has 1 amide bonds. The van der Waals surface area contributed by atoms with Gasteiger partial charge in [0.15, 0.2) is 11.4 Å². The summed E-state index contributed by atoms with van der Waals surface area (Å²) in [4.78, 5) is 41.5. The summed E-state index contributed by atoms with van der Waals surface area (Å²) in [6.45, 7) is 9.05. The molecule has 5 fully saturated rings. The second kappa shape index (κ2) is 18.7. The standard InChI is InChI=1S/C54H64N8O10S/c1-33-6-3-4-7-39(33)46-31-69-22-5-19-60(46)37-28-54(29-37)16-20-59(21-17-54)36-8-9-40(43(25-36)61-42-13-23-70-32-48(42)72-52-45(61)24-35-12-18-55-50(35)57-52)51(63)58-73(67,68)38-26-44(62(65)66)49-47(27-38)71-30-41(56-49)34-10-14-53(2,64)15-11-34/h3-4,6-9,12,18,24-27,34,37,41-42,46,48,56,64H,5,10-11,13-17,19-23,28-32H2,1-2H3,(H,55,57)(H,58,63)/t34?,41-,42+,46+,48+,53?/m1/s1. The maximum Gasteiger partial charge on any atom is 0.297 e. The maximum atomic E-state index is 14.8. The minimum atomic E-state index is -4.71. The lowest BCUT2D eigenvalue weighted by atomic mass is 9.59. The first kappa shape index (κ1) is 48.0. The average Bonchev–Trinajstić information content (AvgIpc) is 3.70. The molecule has 5 aromatic rings. The van der Waals surface area contributed by atoms with Crippen molar-refractivity contribution in [1.82, 2.24) is 19.6 Å². The van der Waals surface area contributed by atoms with Gasteiger partial charge in [0.1, 0.15) is 24.0 Å². The highest BCUT2D eigenvalue weighted by Gasteiger charge is 2.50. The first-order valence-corrected chi connectivity index (χ1v) is 27.5. The quantitative estimate of drug-likeness (QED) is 0.0816. The van der Waals surface area contributed by atoms with Crippen molar-refractivity contribution in [2.24, 2.45) is 11.3 Å². The molecule has 4 N–H and O–H groups in total. The molecule has 73 heavy (non-hydrogen) atoms. The van der Waals surface area contributed by atoms with Crippen LogP contribution in [0.15, 0.2) is 77.8 Å². The lowest BCUT2D eigenvalue weighted by molar-refractivity contribution is -0.384. The number of nitrogens with one attached hydrogen (secondary N) is 3. The summed E-state index contributed by atoms with van der Waals surface area (Å²) in [5, 5.41) is 27.2. The maximum absolute atomic E-state index is 14.8. The number of aromatic nitrogens is 2. The van der Waals surface area contributed by atoms with Crippen LogP contribution in [0.5, 0.6) is 11.6 Å². The van der Waals surface area contributed by atoms with E-state index in [0.29, 0.717) is 80.9 Å². The molecule has 7 heterocycles. The molecule has 12 rings (SSSR count). The summed E-state index contributed by atoms with van der Waals surface area (Å²) >= 11 is 0. The van der Waals surface area contributed by atoms with Gasteiger partial charge in [0.05, 0.1) is 58.0 Å². The summed E-state index contributed by atoms with van der Waals surface area (Å²) in [5.74, 6) is -0.434. The van der Waals surface area contributed by atoms with Crippen LogP contribution in [0, 0.1) is 28.4 Å². The van der Waals surface area contributed by atoms with Gasteiger partial charge < -0.3 is 44.2 Å². The van der Waals surface area contributed by atoms with Gasteiger partial charge in [0.2, 0.25) is 5.88 Å². The first-order chi connectivity index (χ1) is 35.2. The monoisotopic (exact) mass is 1020 g/mol. The van der Waals surface area contributed by atoms with Gasteiger partial charge in [0.25, 0.3) is 21.6 Å². The van der Waals surface area contributed by atoms with Crippen LogP contribution in [0.2, 0.25) is 0 Å². The van der Waals surface area contributed by atoms with E-state index in [-0.39, 0.29) is 53.1 Å². The molecule has 2 aliphatic carbocycles. The Labute approximate surface area is 424 Å². The predicted molar refractivity (Wildman–Crippen MR) is 275 cm³/mol. The van der Waals surface area contributed by atoms with Crippen LogP contribution in [0.25, 0.3) is 11.0 Å². The van der Waals surface area contributed by atoms with E-state index < -0.39 is 43.1 Å². The largest absolute Gasteiger partial charge is 0.489 e. The first-order valence-electron chi connectivity index (χ1n) is 26.0. The van der Waals surface area contributed by atoms with Crippen LogP contribution in [-0.4, -0.2) is 122 Å². The summed E-state index contributed by atoms with van der Waals surface area (Å²) in [6, 6.07) is 20.5. The van der Waals surface area contributed by atoms with E-state index in [1.807, 2.05) is 31.2 Å². The van der Waals surface area contributed by atoms with Crippen molar-refractivity contribution in [2.45, 2.75) is 119 Å². The van der Waals surface area contributed by atoms with Crippen LogP contribution < -0.4 is 29.3 Å². The molecule has 3 saturated heterocycles. The molecule has 2 aromatic heterocycles. The number of anilines is 4. The number of piperidine rings is 1. The average molecular weight is 1020 g/mol. The van der Waals surface area contributed by atoms with Crippen LogP contribution in [-0.2, 0) is 19.5 Å². The molecule has 5 aliphatic heterocycles. The molecular weight excluding hydrogens is 953 g/mol. The van der Waals surface area contributed by atoms with E-state index >= 15 is 0 Å². The molecule has 0 radical (unpaired) electrons. The minimum Gasteiger partial charge on any atom is -0.489 e. The Balaban J connectivity index is 0.835. The van der Waals surface area contributed by atoms with Gasteiger partial charge >= 0.3 is 0 Å². The van der Waals surface area contributed by atoms with Gasteiger partial charge in [-0.25, -0.2) is 13.1 Å². The van der Waals surface area contributed by atoms with E-state index in [4.69, 9.17) is 23.9 Å². The summed E-state index contributed by atoms with van der Waals surface area (Å²) in [6.07, 6.45) is 9.88. The summed E-state index contributed by atoms with van der Waals surface area (Å²) in [5.41, 5.74) is 4.50. The van der Waals surface area contributed by atoms with Crippen molar-refractivity contribution in [3.8, 4) is 11.6 Å². The second-order valence-electron chi connectivity index (χ2n) is 21.9. The zero-order chi connectivity index (χ0) is 50.2. The van der Waals surface area contributed by atoms with Crippen molar-refractivity contribution >= 4 is 55.4 Å². The molecule has 0 bridgehead atoms. The lowest BCUT2D eigenvalue weighted by Crippen LogP contribution is -2.56. The number of aryl methyl sites for hydroxylation is 1. The molecule has 1 spiro atoms. The molecule has 4 atom stereocenters. The van der Waals surface area contributed by atoms with E-state index in [9.17, 15) is 28.4 Å². The number of hydrogen-bond acceptors (Lipinski definition) is 15. The molecular formula is C54H64N8O10S. The number of carbonyl (C=O) groups is 1. The Morgan fingerprint density at radius 3 is 2.52 bits per heavy atom. The van der Waals surface area contributed by atoms with E-state index in [1.54, 1.807) is 12.3 Å². The zero-order valence-corrected chi connectivity index (χ0v) is 42.2. The van der Waals surface area contributed by atoms with Gasteiger partial charge in [-0.05, 0) is 131 Å². The Morgan fingerprint density at radius 1 is 0.932 bits per heavy atom. The molecule has 386 valence electrons. The number of rotatable bonds is 9. The fourth-order valence-corrected chi connectivity index (χ4v) is 14.0. The van der Waals surface area contributed by atoms with Crippen LogP contribution >= 0.6 is 0 Å². The lowest BCUT2D eigenvalue weighted by Gasteiger charge is -2.56. The fraction of sp³-hybridized carbons (Fsp3) is 0.519. The molecule has 18 nitrogen and oxygen atoms in total. The number of fused-ring (bicyclic) bond motifs is 4. The molecule has 2 saturated carbocycles. The number of amides is 1. The van der Waals surface area contributed by atoms with Crippen molar-refractivity contribution < 1.29 is 42.2 Å². The third-order valence-corrected chi connectivity index (χ3v) is 18.5.